The van der Waals surface area contributed by atoms with E-state index >= 15 is 0 Å². The third kappa shape index (κ3) is 8.12. The van der Waals surface area contributed by atoms with Crippen LogP contribution in [0.5, 0.6) is 5.75 Å². The van der Waals surface area contributed by atoms with Crippen molar-refractivity contribution in [2.45, 2.75) is 31.7 Å². The number of anilines is 2. The van der Waals surface area contributed by atoms with Gasteiger partial charge in [-0.05, 0) is 74.5 Å². The summed E-state index contributed by atoms with van der Waals surface area (Å²) in [5, 5.41) is 14.1. The Morgan fingerprint density at radius 3 is 2.32 bits per heavy atom. The van der Waals surface area contributed by atoms with Crippen molar-refractivity contribution in [1.82, 2.24) is 36.1 Å². The minimum absolute atomic E-state index is 0.0587. The molecule has 16 nitrogen and oxygen atoms in total. The second-order valence-corrected chi connectivity index (χ2v) is 14.6. The zero-order chi connectivity index (χ0) is 39.3. The van der Waals surface area contributed by atoms with E-state index in [0.29, 0.717) is 82.1 Å². The Bertz CT molecular complexity index is 2140. The largest absolute Gasteiger partial charge is 0.415 e. The number of amides is 6. The van der Waals surface area contributed by atoms with Crippen LogP contribution in [-0.2, 0) is 22.4 Å². The summed E-state index contributed by atoms with van der Waals surface area (Å²) in [6.45, 7) is 5.22. The lowest BCUT2D eigenvalue weighted by molar-refractivity contribution is -0.127. The first kappa shape index (κ1) is 38.6. The Balaban J connectivity index is 1.11. The topological polar surface area (TPSA) is 197 Å². The van der Waals surface area contributed by atoms with E-state index in [2.05, 4.69) is 31.2 Å². The Morgan fingerprint density at radius 2 is 1.57 bits per heavy atom. The summed E-state index contributed by atoms with van der Waals surface area (Å²) >= 11 is 0. The summed E-state index contributed by atoms with van der Waals surface area (Å²) in [6.07, 6.45) is 1.57. The number of ether oxygens (including phenoxy) is 1. The number of fused-ring (bicyclic) bond motifs is 6. The summed E-state index contributed by atoms with van der Waals surface area (Å²) < 4.78 is 6.03. The molecule has 0 radical (unpaired) electrons. The number of aromatic amines is 1. The van der Waals surface area contributed by atoms with E-state index in [1.54, 1.807) is 14.7 Å². The second kappa shape index (κ2) is 17.0. The molecule has 0 saturated carbocycles. The first-order chi connectivity index (χ1) is 27.1. The van der Waals surface area contributed by atoms with Gasteiger partial charge in [-0.25, -0.2) is 9.59 Å². The molecule has 56 heavy (non-hydrogen) atoms. The van der Waals surface area contributed by atoms with Gasteiger partial charge in [-0.1, -0.05) is 24.3 Å². The summed E-state index contributed by atoms with van der Waals surface area (Å²) in [5.41, 5.74) is 9.81. The Hall–Kier alpha value is -5.71. The number of nitrogens with zero attached hydrogens (tertiary/aromatic N) is 4. The average Bonchev–Trinajstić information content (AvgIpc) is 3.94. The average molecular weight is 767 g/mol. The smallest absolute Gasteiger partial charge is 0.409 e. The molecule has 1 fully saturated rings. The van der Waals surface area contributed by atoms with Crippen molar-refractivity contribution >= 4 is 62.9 Å². The lowest BCUT2D eigenvalue weighted by atomic mass is 10.0. The number of hydrogen-bond donors (Lipinski definition) is 6. The molecule has 16 heteroatoms. The molecule has 1 atom stereocenters. The maximum absolute atomic E-state index is 14.3. The van der Waals surface area contributed by atoms with Crippen LogP contribution >= 0.6 is 0 Å². The van der Waals surface area contributed by atoms with Crippen LogP contribution in [0.3, 0.4) is 0 Å². The SMILES string of the molecule is CNCCNCC(=O)NC(CCCNC(N)=O)C(=O)N1CCc2c1ccc1[nH]c(C(=O)N3CCc4c3cc(OC(=O)N3CCN(C)CC3)c3ccccc43)cc21. The predicted molar refractivity (Wildman–Crippen MR) is 214 cm³/mol. The van der Waals surface area contributed by atoms with Crippen molar-refractivity contribution in [2.24, 2.45) is 5.73 Å². The molecule has 0 bridgehead atoms. The van der Waals surface area contributed by atoms with Crippen molar-refractivity contribution in [3.63, 3.8) is 0 Å². The van der Waals surface area contributed by atoms with E-state index in [-0.39, 0.29) is 30.8 Å². The summed E-state index contributed by atoms with van der Waals surface area (Å²) in [7, 11) is 3.85. The van der Waals surface area contributed by atoms with Gasteiger partial charge in [0.1, 0.15) is 17.5 Å². The van der Waals surface area contributed by atoms with Crippen LogP contribution in [0, 0.1) is 0 Å². The number of nitrogens with one attached hydrogen (secondary N) is 5. The fraction of sp³-hybridized carbons (Fsp3) is 0.425. The van der Waals surface area contributed by atoms with E-state index in [0.717, 1.165) is 51.6 Å². The molecular weight excluding hydrogens is 717 g/mol. The van der Waals surface area contributed by atoms with Gasteiger partial charge in [0.25, 0.3) is 5.91 Å². The third-order valence-electron chi connectivity index (χ3n) is 10.9. The van der Waals surface area contributed by atoms with Gasteiger partial charge < -0.3 is 56.3 Å². The molecule has 1 saturated heterocycles. The molecule has 3 aromatic carbocycles. The highest BCUT2D eigenvalue weighted by molar-refractivity contribution is 6.12. The second-order valence-electron chi connectivity index (χ2n) is 14.6. The van der Waals surface area contributed by atoms with E-state index in [1.165, 1.54) is 0 Å². The number of carbonyl (C=O) groups is 5. The van der Waals surface area contributed by atoms with Gasteiger partial charge in [0.15, 0.2) is 0 Å². The van der Waals surface area contributed by atoms with Gasteiger partial charge in [0.05, 0.1) is 12.2 Å². The molecule has 0 aliphatic carbocycles. The molecule has 1 aromatic heterocycles. The van der Waals surface area contributed by atoms with E-state index in [4.69, 9.17) is 10.5 Å². The minimum atomic E-state index is -0.815. The van der Waals surface area contributed by atoms with Crippen molar-refractivity contribution in [3.8, 4) is 5.75 Å². The van der Waals surface area contributed by atoms with Crippen LogP contribution < -0.4 is 41.5 Å². The van der Waals surface area contributed by atoms with Crippen molar-refractivity contribution in [2.75, 3.05) is 89.3 Å². The summed E-state index contributed by atoms with van der Waals surface area (Å²) in [4.78, 5) is 76.3. The van der Waals surface area contributed by atoms with Crippen molar-refractivity contribution in [3.05, 3.63) is 65.4 Å². The number of benzene rings is 3. The zero-order valence-electron chi connectivity index (χ0n) is 31.9. The maximum atomic E-state index is 14.3. The molecule has 7 N–H and O–H groups in total. The number of nitrogens with two attached hydrogens (primary N) is 1. The van der Waals surface area contributed by atoms with Crippen molar-refractivity contribution < 1.29 is 28.7 Å². The Kier molecular flexibility index (Phi) is 11.7. The van der Waals surface area contributed by atoms with Crippen LogP contribution in [0.25, 0.3) is 21.7 Å². The van der Waals surface area contributed by atoms with Gasteiger partial charge in [0, 0.05) is 86.9 Å². The minimum Gasteiger partial charge on any atom is -0.409 e. The van der Waals surface area contributed by atoms with Gasteiger partial charge in [-0.15, -0.1) is 0 Å². The summed E-state index contributed by atoms with van der Waals surface area (Å²) in [5.74, 6) is -0.335. The number of hydrogen-bond acceptors (Lipinski definition) is 9. The van der Waals surface area contributed by atoms with Crippen LogP contribution in [0.4, 0.5) is 21.0 Å². The third-order valence-corrected chi connectivity index (χ3v) is 10.9. The van der Waals surface area contributed by atoms with Crippen LogP contribution in [0.1, 0.15) is 34.5 Å². The van der Waals surface area contributed by atoms with Gasteiger partial charge in [0.2, 0.25) is 11.8 Å². The number of primary amides is 1. The highest BCUT2D eigenvalue weighted by Gasteiger charge is 2.34. The molecule has 7 rings (SSSR count). The molecule has 3 aliphatic rings. The van der Waals surface area contributed by atoms with Crippen LogP contribution in [0.15, 0.2) is 48.5 Å². The van der Waals surface area contributed by atoms with Gasteiger partial charge in [-0.2, -0.15) is 0 Å². The first-order valence-electron chi connectivity index (χ1n) is 19.3. The Morgan fingerprint density at radius 1 is 0.839 bits per heavy atom. The number of aromatic nitrogens is 1. The number of likely N-dealkylation sites (N-methyl/N-ethyl adjacent to an activating group) is 2. The standard InChI is InChI=1S/C40H50N10O6/c1-42-14-15-43-24-36(51)46-31(8-5-13-44-39(41)54)37(52)49-16-12-27-29-22-32(45-30(29)9-10-33(27)49)38(53)50-17-11-26-25-6-3-4-7-28(25)35(23-34(26)50)56-40(55)48-20-18-47(2)19-21-48/h3-4,6-7,9-10,22-23,31,42-43,45H,5,8,11-21,24H2,1-2H3,(H,46,51)(H3,41,44,54). The number of H-pyrrole nitrogens is 1. The van der Waals surface area contributed by atoms with E-state index in [1.807, 2.05) is 62.6 Å². The lowest BCUT2D eigenvalue weighted by Gasteiger charge is -2.31. The highest BCUT2D eigenvalue weighted by atomic mass is 16.6. The number of piperazine rings is 1. The normalized spacial score (nSPS) is 15.9. The maximum Gasteiger partial charge on any atom is 0.415 e. The molecule has 296 valence electrons. The van der Waals surface area contributed by atoms with Crippen LogP contribution in [-0.4, -0.2) is 130 Å². The Labute approximate surface area is 325 Å². The number of rotatable bonds is 13. The van der Waals surface area contributed by atoms with E-state index < -0.39 is 18.2 Å². The zero-order valence-corrected chi connectivity index (χ0v) is 31.9. The van der Waals surface area contributed by atoms with Crippen LogP contribution in [0.2, 0.25) is 0 Å². The lowest BCUT2D eigenvalue weighted by Crippen LogP contribution is -2.50. The molecular formula is C40H50N10O6. The molecule has 4 heterocycles. The summed E-state index contributed by atoms with van der Waals surface area (Å²) in [6, 6.07) is 13.8. The fourth-order valence-electron chi connectivity index (χ4n) is 7.90. The molecule has 4 aromatic rings. The molecule has 1 unspecified atom stereocenters. The van der Waals surface area contributed by atoms with Gasteiger partial charge in [-0.3, -0.25) is 14.4 Å². The molecule has 0 spiro atoms. The quantitative estimate of drug-likeness (QED) is 0.110. The predicted octanol–water partition coefficient (Wildman–Crippen LogP) is 1.90. The fourth-order valence-corrected chi connectivity index (χ4v) is 7.90. The van der Waals surface area contributed by atoms with E-state index in [9.17, 15) is 24.0 Å². The monoisotopic (exact) mass is 766 g/mol. The number of carbonyl (C=O) groups excluding carboxylic acids is 5. The molecule has 6 amide bonds. The number of urea groups is 1. The first-order valence-corrected chi connectivity index (χ1v) is 19.3. The highest BCUT2D eigenvalue weighted by Crippen LogP contribution is 2.41. The molecule has 3 aliphatic heterocycles. The van der Waals surface area contributed by atoms with Gasteiger partial charge >= 0.3 is 12.1 Å². The van der Waals surface area contributed by atoms with Crippen molar-refractivity contribution in [1.29, 1.82) is 0 Å².